The number of likely N-dealkylation sites (tertiary alicyclic amines) is 1. The van der Waals surface area contributed by atoms with E-state index in [1.54, 1.807) is 11.9 Å². The Kier molecular flexibility index (Phi) is 6.01. The zero-order valence-electron chi connectivity index (χ0n) is 14.5. The van der Waals surface area contributed by atoms with Crippen molar-refractivity contribution in [1.29, 1.82) is 0 Å². The van der Waals surface area contributed by atoms with Gasteiger partial charge in [0.05, 0.1) is 6.54 Å². The van der Waals surface area contributed by atoms with Crippen LogP contribution in [0.2, 0.25) is 0 Å². The predicted octanol–water partition coefficient (Wildman–Crippen LogP) is 0.825. The molecule has 2 rings (SSSR count). The van der Waals surface area contributed by atoms with Crippen LogP contribution < -0.4 is 10.6 Å². The highest BCUT2D eigenvalue weighted by atomic mass is 16.2. The summed E-state index contributed by atoms with van der Waals surface area (Å²) in [5, 5.41) is 6.70. The molecule has 1 amide bonds. The van der Waals surface area contributed by atoms with E-state index in [-0.39, 0.29) is 11.9 Å². The van der Waals surface area contributed by atoms with Gasteiger partial charge in [-0.1, -0.05) is 13.8 Å². The SMILES string of the molecule is CN=C(NCc1nccn1CC(C)C)NC1CCC(=O)N(C)C1. The van der Waals surface area contributed by atoms with Gasteiger partial charge in [-0.3, -0.25) is 9.79 Å². The van der Waals surface area contributed by atoms with Crippen molar-refractivity contribution in [3.05, 3.63) is 18.2 Å². The van der Waals surface area contributed by atoms with E-state index < -0.39 is 0 Å². The lowest BCUT2D eigenvalue weighted by atomic mass is 10.1. The third kappa shape index (κ3) is 4.97. The zero-order valence-corrected chi connectivity index (χ0v) is 14.5. The van der Waals surface area contributed by atoms with Gasteiger partial charge in [0.1, 0.15) is 5.82 Å². The molecule has 1 aliphatic heterocycles. The number of imidazole rings is 1. The molecule has 2 N–H and O–H groups in total. The van der Waals surface area contributed by atoms with Crippen molar-refractivity contribution < 1.29 is 4.79 Å². The van der Waals surface area contributed by atoms with Crippen LogP contribution in [0.3, 0.4) is 0 Å². The second kappa shape index (κ2) is 7.99. The number of hydrogen-bond acceptors (Lipinski definition) is 3. The number of guanidine groups is 1. The van der Waals surface area contributed by atoms with Crippen LogP contribution >= 0.6 is 0 Å². The molecule has 1 aromatic heterocycles. The average Bonchev–Trinajstić information content (AvgIpc) is 2.93. The quantitative estimate of drug-likeness (QED) is 0.622. The van der Waals surface area contributed by atoms with Crippen molar-refractivity contribution in [3.8, 4) is 0 Å². The number of aliphatic imine (C=N–C) groups is 1. The molecule has 1 atom stereocenters. The van der Waals surface area contributed by atoms with E-state index in [0.717, 1.165) is 24.7 Å². The van der Waals surface area contributed by atoms with Gasteiger partial charge in [-0.15, -0.1) is 0 Å². The maximum absolute atomic E-state index is 11.5. The molecule has 7 heteroatoms. The Morgan fingerprint density at radius 2 is 2.30 bits per heavy atom. The number of carbonyl (C=O) groups is 1. The van der Waals surface area contributed by atoms with E-state index >= 15 is 0 Å². The Bertz CT molecular complexity index is 551. The maximum Gasteiger partial charge on any atom is 0.222 e. The van der Waals surface area contributed by atoms with Gasteiger partial charge < -0.3 is 20.1 Å². The van der Waals surface area contributed by atoms with Crippen LogP contribution in [0.5, 0.6) is 0 Å². The number of amides is 1. The third-order valence-corrected chi connectivity index (χ3v) is 3.97. The summed E-state index contributed by atoms with van der Waals surface area (Å²) in [7, 11) is 3.60. The van der Waals surface area contributed by atoms with Crippen LogP contribution in [-0.4, -0.2) is 53.0 Å². The molecular formula is C16H28N6O. The first-order chi connectivity index (χ1) is 11.0. The monoisotopic (exact) mass is 320 g/mol. The summed E-state index contributed by atoms with van der Waals surface area (Å²) in [5.74, 6) is 2.53. The van der Waals surface area contributed by atoms with Crippen molar-refractivity contribution in [1.82, 2.24) is 25.1 Å². The summed E-state index contributed by atoms with van der Waals surface area (Å²) >= 11 is 0. The summed E-state index contributed by atoms with van der Waals surface area (Å²) < 4.78 is 2.16. The molecular weight excluding hydrogens is 292 g/mol. The lowest BCUT2D eigenvalue weighted by Crippen LogP contribution is -2.51. The molecule has 0 spiro atoms. The number of aromatic nitrogens is 2. The van der Waals surface area contributed by atoms with Gasteiger partial charge in [0.25, 0.3) is 0 Å². The van der Waals surface area contributed by atoms with Crippen molar-refractivity contribution in [2.45, 2.75) is 45.8 Å². The number of carbonyl (C=O) groups excluding carboxylic acids is 1. The van der Waals surface area contributed by atoms with Crippen molar-refractivity contribution in [3.63, 3.8) is 0 Å². The number of nitrogens with zero attached hydrogens (tertiary/aromatic N) is 4. The molecule has 1 aliphatic rings. The maximum atomic E-state index is 11.5. The number of hydrogen-bond donors (Lipinski definition) is 2. The first-order valence-electron chi connectivity index (χ1n) is 8.20. The van der Waals surface area contributed by atoms with E-state index in [1.807, 2.05) is 19.4 Å². The molecule has 23 heavy (non-hydrogen) atoms. The van der Waals surface area contributed by atoms with Gasteiger partial charge in [-0.2, -0.15) is 0 Å². The largest absolute Gasteiger partial charge is 0.352 e. The number of likely N-dealkylation sites (N-methyl/N-ethyl adjacent to an activating group) is 1. The Morgan fingerprint density at radius 1 is 1.52 bits per heavy atom. The van der Waals surface area contributed by atoms with Crippen LogP contribution in [0.4, 0.5) is 0 Å². The molecule has 0 saturated carbocycles. The normalized spacial score (nSPS) is 19.3. The first kappa shape index (κ1) is 17.3. The molecule has 128 valence electrons. The van der Waals surface area contributed by atoms with Crippen molar-refractivity contribution >= 4 is 11.9 Å². The standard InChI is InChI=1S/C16H28N6O/c1-12(2)10-22-8-7-18-14(22)9-19-16(17-3)20-13-5-6-15(23)21(4)11-13/h7-8,12-13H,5-6,9-11H2,1-4H3,(H2,17,19,20). The second-order valence-electron chi connectivity index (χ2n) is 6.47. The van der Waals surface area contributed by atoms with E-state index in [1.165, 1.54) is 0 Å². The molecule has 0 aromatic carbocycles. The lowest BCUT2D eigenvalue weighted by molar-refractivity contribution is -0.132. The highest BCUT2D eigenvalue weighted by Crippen LogP contribution is 2.09. The molecule has 1 saturated heterocycles. The van der Waals surface area contributed by atoms with Crippen LogP contribution in [0.25, 0.3) is 0 Å². The summed E-state index contributed by atoms with van der Waals surface area (Å²) in [5.41, 5.74) is 0. The van der Waals surface area contributed by atoms with Crippen LogP contribution in [0, 0.1) is 5.92 Å². The van der Waals surface area contributed by atoms with E-state index in [0.29, 0.717) is 25.4 Å². The molecule has 1 unspecified atom stereocenters. The summed E-state index contributed by atoms with van der Waals surface area (Å²) in [6, 6.07) is 0.235. The highest BCUT2D eigenvalue weighted by molar-refractivity contribution is 5.81. The number of nitrogens with one attached hydrogen (secondary N) is 2. The minimum Gasteiger partial charge on any atom is -0.352 e. The fraction of sp³-hybridized carbons (Fsp3) is 0.688. The average molecular weight is 320 g/mol. The number of rotatable bonds is 5. The predicted molar refractivity (Wildman–Crippen MR) is 91.1 cm³/mol. The molecule has 0 bridgehead atoms. The molecule has 0 radical (unpaired) electrons. The molecule has 1 fully saturated rings. The van der Waals surface area contributed by atoms with Gasteiger partial charge in [0, 0.05) is 52.0 Å². The van der Waals surface area contributed by atoms with E-state index in [2.05, 4.69) is 39.0 Å². The van der Waals surface area contributed by atoms with Crippen LogP contribution in [-0.2, 0) is 17.9 Å². The Balaban J connectivity index is 1.86. The van der Waals surface area contributed by atoms with Gasteiger partial charge in [0.2, 0.25) is 5.91 Å². The summed E-state index contributed by atoms with van der Waals surface area (Å²) in [4.78, 5) is 22.0. The van der Waals surface area contributed by atoms with Gasteiger partial charge >= 0.3 is 0 Å². The minimum atomic E-state index is 0.210. The van der Waals surface area contributed by atoms with Crippen molar-refractivity contribution in [2.24, 2.45) is 10.9 Å². The fourth-order valence-electron chi connectivity index (χ4n) is 2.75. The molecule has 0 aliphatic carbocycles. The zero-order chi connectivity index (χ0) is 16.8. The molecule has 2 heterocycles. The van der Waals surface area contributed by atoms with Gasteiger partial charge in [0.15, 0.2) is 5.96 Å². The Hall–Kier alpha value is -2.05. The smallest absolute Gasteiger partial charge is 0.222 e. The number of piperidine rings is 1. The summed E-state index contributed by atoms with van der Waals surface area (Å²) in [6.45, 7) is 6.68. The van der Waals surface area contributed by atoms with Crippen molar-refractivity contribution in [2.75, 3.05) is 20.6 Å². The van der Waals surface area contributed by atoms with Crippen LogP contribution in [0.15, 0.2) is 17.4 Å². The fourth-order valence-corrected chi connectivity index (χ4v) is 2.75. The van der Waals surface area contributed by atoms with Gasteiger partial charge in [-0.05, 0) is 12.3 Å². The summed E-state index contributed by atoms with van der Waals surface area (Å²) in [6.07, 6.45) is 5.27. The third-order valence-electron chi connectivity index (χ3n) is 3.97. The second-order valence-corrected chi connectivity index (χ2v) is 6.47. The topological polar surface area (TPSA) is 74.5 Å². The lowest BCUT2D eigenvalue weighted by Gasteiger charge is -2.31. The van der Waals surface area contributed by atoms with E-state index in [9.17, 15) is 4.79 Å². The Labute approximate surface area is 138 Å². The molecule has 7 nitrogen and oxygen atoms in total. The highest BCUT2D eigenvalue weighted by Gasteiger charge is 2.23. The van der Waals surface area contributed by atoms with Crippen LogP contribution in [0.1, 0.15) is 32.5 Å². The van der Waals surface area contributed by atoms with E-state index in [4.69, 9.17) is 0 Å². The molecule has 1 aromatic rings. The van der Waals surface area contributed by atoms with Gasteiger partial charge in [-0.25, -0.2) is 4.98 Å². The minimum absolute atomic E-state index is 0.210. The Morgan fingerprint density at radius 3 is 2.96 bits per heavy atom. The first-order valence-corrected chi connectivity index (χ1v) is 8.20.